The van der Waals surface area contributed by atoms with E-state index in [9.17, 15) is 4.79 Å². The van der Waals surface area contributed by atoms with E-state index in [0.717, 1.165) is 11.1 Å². The number of hydrogen-bond donors (Lipinski definition) is 1. The van der Waals surface area contributed by atoms with E-state index in [4.69, 9.17) is 23.2 Å². The fourth-order valence-electron chi connectivity index (χ4n) is 2.15. The van der Waals surface area contributed by atoms with Crippen molar-refractivity contribution in [2.24, 2.45) is 10.2 Å². The summed E-state index contributed by atoms with van der Waals surface area (Å²) in [5.41, 5.74) is 1.90. The summed E-state index contributed by atoms with van der Waals surface area (Å²) in [5.74, 6) is -0.0836. The van der Waals surface area contributed by atoms with Gasteiger partial charge < -0.3 is 5.32 Å². The summed E-state index contributed by atoms with van der Waals surface area (Å²) in [5, 5.41) is 12.0. The van der Waals surface area contributed by atoms with Gasteiger partial charge in [0.25, 0.3) is 0 Å². The van der Waals surface area contributed by atoms with Gasteiger partial charge in [-0.1, -0.05) is 71.4 Å². The highest BCUT2D eigenvalue weighted by molar-refractivity contribution is 8.15. The smallest absolute Gasteiger partial charge is 0.239 e. The molecule has 0 radical (unpaired) electrons. The van der Waals surface area contributed by atoms with E-state index in [0.29, 0.717) is 21.6 Å². The average Bonchev–Trinajstić information content (AvgIpc) is 2.92. The van der Waals surface area contributed by atoms with Crippen molar-refractivity contribution in [3.8, 4) is 0 Å². The van der Waals surface area contributed by atoms with Gasteiger partial charge in [-0.25, -0.2) is 0 Å². The number of hydrogen-bond acceptors (Lipinski definition) is 4. The molecule has 1 atom stereocenters. The second-order valence-corrected chi connectivity index (χ2v) is 7.11. The molecule has 4 nitrogen and oxygen atoms in total. The third-order valence-electron chi connectivity index (χ3n) is 3.34. The molecule has 1 aliphatic rings. The van der Waals surface area contributed by atoms with Crippen LogP contribution in [0.2, 0.25) is 10.0 Å². The number of amidine groups is 1. The Labute approximate surface area is 154 Å². The van der Waals surface area contributed by atoms with Crippen LogP contribution in [-0.4, -0.2) is 22.5 Å². The first-order valence-electron chi connectivity index (χ1n) is 7.19. The number of carbonyl (C=O) groups excluding carboxylic acids is 1. The van der Waals surface area contributed by atoms with Crippen molar-refractivity contribution in [1.29, 1.82) is 0 Å². The van der Waals surface area contributed by atoms with Gasteiger partial charge in [0, 0.05) is 0 Å². The standard InChI is InChI=1S/C17H13Cl2N3OS/c18-13-7-6-12(8-14(13)19)9-15-16(23)21-17(24-15)22-20-10-11-4-2-1-3-5-11/h1-8,10,15H,9H2,(H,21,22,23)/b20-10-/t15-/m1/s1. The van der Waals surface area contributed by atoms with Crippen LogP contribution < -0.4 is 5.32 Å². The van der Waals surface area contributed by atoms with Crippen molar-refractivity contribution >= 4 is 52.3 Å². The van der Waals surface area contributed by atoms with Gasteiger partial charge in [-0.2, -0.15) is 5.10 Å². The molecule has 0 aromatic heterocycles. The number of benzene rings is 2. The minimum Gasteiger partial charge on any atom is -0.303 e. The lowest BCUT2D eigenvalue weighted by Gasteiger charge is -2.06. The SMILES string of the molecule is O=C1N/C(=N/N=C\c2ccccc2)S[C@@H]1Cc1ccc(Cl)c(Cl)c1. The number of rotatable bonds is 4. The number of amides is 1. The molecule has 1 fully saturated rings. The Bertz CT molecular complexity index is 809. The van der Waals surface area contributed by atoms with Crippen molar-refractivity contribution in [3.63, 3.8) is 0 Å². The normalized spacial score (nSPS) is 19.2. The van der Waals surface area contributed by atoms with E-state index < -0.39 is 0 Å². The van der Waals surface area contributed by atoms with Crippen LogP contribution in [0, 0.1) is 0 Å². The van der Waals surface area contributed by atoms with Gasteiger partial charge in [-0.15, -0.1) is 5.10 Å². The molecule has 2 aromatic rings. The Morgan fingerprint density at radius 2 is 1.92 bits per heavy atom. The lowest BCUT2D eigenvalue weighted by molar-refractivity contribution is -0.118. The molecule has 0 bridgehead atoms. The first-order chi connectivity index (χ1) is 11.6. The second-order valence-electron chi connectivity index (χ2n) is 5.11. The predicted molar refractivity (Wildman–Crippen MR) is 101 cm³/mol. The number of carbonyl (C=O) groups is 1. The van der Waals surface area contributed by atoms with Crippen molar-refractivity contribution in [2.75, 3.05) is 0 Å². The highest BCUT2D eigenvalue weighted by atomic mass is 35.5. The van der Waals surface area contributed by atoms with Gasteiger partial charge in [-0.3, -0.25) is 4.79 Å². The molecule has 0 saturated carbocycles. The maximum absolute atomic E-state index is 12.1. The summed E-state index contributed by atoms with van der Waals surface area (Å²) in [4.78, 5) is 12.1. The molecule has 0 aliphatic carbocycles. The number of nitrogens with one attached hydrogen (secondary N) is 1. The molecule has 0 spiro atoms. The maximum Gasteiger partial charge on any atom is 0.239 e. The molecule has 1 amide bonds. The number of nitrogens with zero attached hydrogens (tertiary/aromatic N) is 2. The lowest BCUT2D eigenvalue weighted by atomic mass is 10.1. The van der Waals surface area contributed by atoms with E-state index in [-0.39, 0.29) is 11.2 Å². The zero-order valence-electron chi connectivity index (χ0n) is 12.4. The van der Waals surface area contributed by atoms with Gasteiger partial charge in [-0.05, 0) is 29.7 Å². The molecular weight excluding hydrogens is 365 g/mol. The molecule has 1 saturated heterocycles. The first-order valence-corrected chi connectivity index (χ1v) is 8.83. The average molecular weight is 378 g/mol. The zero-order chi connectivity index (χ0) is 16.9. The first kappa shape index (κ1) is 17.0. The van der Waals surface area contributed by atoms with Crippen LogP contribution >= 0.6 is 35.0 Å². The fraction of sp³-hybridized carbons (Fsp3) is 0.118. The van der Waals surface area contributed by atoms with Crippen molar-refractivity contribution in [3.05, 3.63) is 69.7 Å². The molecule has 122 valence electrons. The molecule has 0 unspecified atom stereocenters. The number of thioether (sulfide) groups is 1. The lowest BCUT2D eigenvalue weighted by Crippen LogP contribution is -2.25. The highest BCUT2D eigenvalue weighted by Gasteiger charge is 2.30. The minimum absolute atomic E-state index is 0.0836. The van der Waals surface area contributed by atoms with E-state index in [1.165, 1.54) is 11.8 Å². The minimum atomic E-state index is -0.257. The van der Waals surface area contributed by atoms with Crippen LogP contribution in [0.3, 0.4) is 0 Å². The zero-order valence-corrected chi connectivity index (χ0v) is 14.8. The Balaban J connectivity index is 1.63. The van der Waals surface area contributed by atoms with E-state index >= 15 is 0 Å². The van der Waals surface area contributed by atoms with Crippen LogP contribution in [-0.2, 0) is 11.2 Å². The predicted octanol–water partition coefficient (Wildman–Crippen LogP) is 4.16. The van der Waals surface area contributed by atoms with Gasteiger partial charge in [0.05, 0.1) is 21.5 Å². The van der Waals surface area contributed by atoms with E-state index in [2.05, 4.69) is 15.5 Å². The third-order valence-corrected chi connectivity index (χ3v) is 5.15. The summed E-state index contributed by atoms with van der Waals surface area (Å²) < 4.78 is 0. The summed E-state index contributed by atoms with van der Waals surface area (Å²) in [6, 6.07) is 15.0. The molecule has 1 aliphatic heterocycles. The molecule has 2 aromatic carbocycles. The Hall–Kier alpha value is -1.82. The molecule has 3 rings (SSSR count). The fourth-order valence-corrected chi connectivity index (χ4v) is 3.44. The van der Waals surface area contributed by atoms with Crippen LogP contribution in [0.25, 0.3) is 0 Å². The monoisotopic (exact) mass is 377 g/mol. The third kappa shape index (κ3) is 4.38. The molecular formula is C17H13Cl2N3OS. The van der Waals surface area contributed by atoms with Crippen LogP contribution in [0.1, 0.15) is 11.1 Å². The Morgan fingerprint density at radius 3 is 2.67 bits per heavy atom. The quantitative estimate of drug-likeness (QED) is 0.642. The van der Waals surface area contributed by atoms with Crippen molar-refractivity contribution in [1.82, 2.24) is 5.32 Å². The van der Waals surface area contributed by atoms with Crippen molar-refractivity contribution in [2.45, 2.75) is 11.7 Å². The van der Waals surface area contributed by atoms with Gasteiger partial charge in [0.15, 0.2) is 5.17 Å². The van der Waals surface area contributed by atoms with Crippen molar-refractivity contribution < 1.29 is 4.79 Å². The summed E-state index contributed by atoms with van der Waals surface area (Å²) >= 11 is 13.3. The van der Waals surface area contributed by atoms with Gasteiger partial charge in [0.1, 0.15) is 0 Å². The molecule has 24 heavy (non-hydrogen) atoms. The Morgan fingerprint density at radius 1 is 1.12 bits per heavy atom. The summed E-state index contributed by atoms with van der Waals surface area (Å²) in [7, 11) is 0. The van der Waals surface area contributed by atoms with E-state index in [1.807, 2.05) is 36.4 Å². The Kier molecular flexibility index (Phi) is 5.56. The van der Waals surface area contributed by atoms with Crippen LogP contribution in [0.4, 0.5) is 0 Å². The molecule has 7 heteroatoms. The second kappa shape index (κ2) is 7.83. The van der Waals surface area contributed by atoms with Gasteiger partial charge >= 0.3 is 0 Å². The largest absolute Gasteiger partial charge is 0.303 e. The number of halogens is 2. The van der Waals surface area contributed by atoms with E-state index in [1.54, 1.807) is 18.3 Å². The maximum atomic E-state index is 12.1. The van der Waals surface area contributed by atoms with Crippen LogP contribution in [0.15, 0.2) is 58.7 Å². The highest BCUT2D eigenvalue weighted by Crippen LogP contribution is 2.27. The topological polar surface area (TPSA) is 53.8 Å². The summed E-state index contributed by atoms with van der Waals surface area (Å²) in [6.07, 6.45) is 2.20. The molecule has 1 N–H and O–H groups in total. The molecule has 1 heterocycles. The summed E-state index contributed by atoms with van der Waals surface area (Å²) in [6.45, 7) is 0. The van der Waals surface area contributed by atoms with Crippen LogP contribution in [0.5, 0.6) is 0 Å². The van der Waals surface area contributed by atoms with Gasteiger partial charge in [0.2, 0.25) is 5.91 Å².